The number of anilines is 1. The van der Waals surface area contributed by atoms with Crippen LogP contribution in [-0.4, -0.2) is 38.8 Å². The second kappa shape index (κ2) is 6.70. The van der Waals surface area contributed by atoms with Gasteiger partial charge in [0, 0.05) is 25.2 Å². The lowest BCUT2D eigenvalue weighted by Crippen LogP contribution is -2.38. The first-order valence-electron chi connectivity index (χ1n) is 8.76. The van der Waals surface area contributed by atoms with Gasteiger partial charge in [0.15, 0.2) is 5.65 Å². The number of piperidine rings is 1. The fourth-order valence-electron chi connectivity index (χ4n) is 3.39. The van der Waals surface area contributed by atoms with Crippen LogP contribution in [0.2, 0.25) is 0 Å². The summed E-state index contributed by atoms with van der Waals surface area (Å²) < 4.78 is 1.93. The molecule has 0 saturated carbocycles. The third kappa shape index (κ3) is 2.98. The van der Waals surface area contributed by atoms with Crippen molar-refractivity contribution in [3.63, 3.8) is 0 Å². The van der Waals surface area contributed by atoms with E-state index in [1.165, 1.54) is 6.42 Å². The molecule has 6 heteroatoms. The maximum atomic E-state index is 10.3. The molecule has 0 spiro atoms. The standard InChI is InChI=1S/C20H21N5O/c1-3-13-6-7-15(17(26)11-13)20-24-19-16(25(20)2)8-9-18(23-19)22-14-5-4-10-21-12-14/h1,6-9,11,14,21,26H,4-5,10,12H2,2H3,(H,22,23)/t14-/m1/s1. The number of aryl methyl sites for hydroxylation is 1. The van der Waals surface area contributed by atoms with Crippen LogP contribution in [0.1, 0.15) is 18.4 Å². The van der Waals surface area contributed by atoms with Gasteiger partial charge in [0.2, 0.25) is 0 Å². The number of terminal acetylenes is 1. The molecule has 26 heavy (non-hydrogen) atoms. The number of phenols is 1. The number of aromatic nitrogens is 3. The number of hydrogen-bond acceptors (Lipinski definition) is 5. The van der Waals surface area contributed by atoms with E-state index in [0.29, 0.717) is 28.6 Å². The molecule has 1 aliphatic rings. The van der Waals surface area contributed by atoms with Gasteiger partial charge >= 0.3 is 0 Å². The van der Waals surface area contributed by atoms with E-state index in [1.807, 2.05) is 23.7 Å². The summed E-state index contributed by atoms with van der Waals surface area (Å²) in [6.45, 7) is 2.03. The number of rotatable bonds is 3. The van der Waals surface area contributed by atoms with E-state index in [4.69, 9.17) is 6.42 Å². The van der Waals surface area contributed by atoms with Crippen LogP contribution >= 0.6 is 0 Å². The molecule has 4 rings (SSSR count). The summed E-state index contributed by atoms with van der Waals surface area (Å²) in [6, 6.07) is 9.53. The Labute approximate surface area is 152 Å². The van der Waals surface area contributed by atoms with Gasteiger partial charge in [-0.15, -0.1) is 6.42 Å². The van der Waals surface area contributed by atoms with Crippen LogP contribution in [0, 0.1) is 12.3 Å². The molecular weight excluding hydrogens is 326 g/mol. The maximum absolute atomic E-state index is 10.3. The number of benzene rings is 1. The summed E-state index contributed by atoms with van der Waals surface area (Å²) in [6.07, 6.45) is 7.69. The molecule has 132 valence electrons. The Morgan fingerprint density at radius 2 is 2.19 bits per heavy atom. The number of pyridine rings is 1. The number of phenolic OH excluding ortho intramolecular Hbond substituents is 1. The number of imidazole rings is 1. The van der Waals surface area contributed by atoms with Crippen molar-refractivity contribution in [3.8, 4) is 29.5 Å². The summed E-state index contributed by atoms with van der Waals surface area (Å²) in [5, 5.41) is 17.2. The molecule has 1 aromatic carbocycles. The Kier molecular flexibility index (Phi) is 4.23. The lowest BCUT2D eigenvalue weighted by atomic mass is 10.1. The molecule has 0 bridgehead atoms. The first kappa shape index (κ1) is 16.4. The highest BCUT2D eigenvalue weighted by molar-refractivity contribution is 5.80. The van der Waals surface area contributed by atoms with Gasteiger partial charge in [0.1, 0.15) is 17.4 Å². The Morgan fingerprint density at radius 3 is 2.92 bits per heavy atom. The predicted octanol–water partition coefficient (Wildman–Crippen LogP) is 2.49. The first-order chi connectivity index (χ1) is 12.7. The normalized spacial score (nSPS) is 17.2. The molecule has 1 fully saturated rings. The monoisotopic (exact) mass is 347 g/mol. The van der Waals surface area contributed by atoms with Crippen molar-refractivity contribution >= 4 is 17.0 Å². The Balaban J connectivity index is 1.69. The van der Waals surface area contributed by atoms with E-state index in [0.717, 1.165) is 30.8 Å². The van der Waals surface area contributed by atoms with Crippen LogP contribution in [0.4, 0.5) is 5.82 Å². The lowest BCUT2D eigenvalue weighted by Gasteiger charge is -2.24. The van der Waals surface area contributed by atoms with E-state index in [-0.39, 0.29) is 5.75 Å². The number of nitrogens with zero attached hydrogens (tertiary/aromatic N) is 3. The Morgan fingerprint density at radius 1 is 1.31 bits per heavy atom. The van der Waals surface area contributed by atoms with Crippen LogP contribution in [-0.2, 0) is 7.05 Å². The molecule has 1 aliphatic heterocycles. The van der Waals surface area contributed by atoms with Crippen molar-refractivity contribution in [1.82, 2.24) is 19.9 Å². The Hall–Kier alpha value is -3.04. The maximum Gasteiger partial charge on any atom is 0.180 e. The van der Waals surface area contributed by atoms with Crippen molar-refractivity contribution in [3.05, 3.63) is 35.9 Å². The zero-order valence-electron chi connectivity index (χ0n) is 14.7. The van der Waals surface area contributed by atoms with E-state index < -0.39 is 0 Å². The topological polar surface area (TPSA) is 75.0 Å². The third-order valence-corrected chi connectivity index (χ3v) is 4.80. The van der Waals surface area contributed by atoms with Crippen LogP contribution in [0.5, 0.6) is 5.75 Å². The van der Waals surface area contributed by atoms with E-state index in [9.17, 15) is 5.11 Å². The van der Waals surface area contributed by atoms with Crippen molar-refractivity contribution in [2.75, 3.05) is 18.4 Å². The smallest absolute Gasteiger partial charge is 0.180 e. The van der Waals surface area contributed by atoms with Gasteiger partial charge in [-0.05, 0) is 49.7 Å². The number of fused-ring (bicyclic) bond motifs is 1. The highest BCUT2D eigenvalue weighted by Crippen LogP contribution is 2.31. The number of aromatic hydroxyl groups is 1. The van der Waals surface area contributed by atoms with Gasteiger partial charge in [0.05, 0.1) is 11.1 Å². The molecular formula is C20H21N5O. The van der Waals surface area contributed by atoms with E-state index in [2.05, 4.69) is 26.5 Å². The minimum Gasteiger partial charge on any atom is -0.507 e. The van der Waals surface area contributed by atoms with Gasteiger partial charge in [-0.3, -0.25) is 0 Å². The van der Waals surface area contributed by atoms with E-state index in [1.54, 1.807) is 18.2 Å². The summed E-state index contributed by atoms with van der Waals surface area (Å²) in [7, 11) is 1.92. The summed E-state index contributed by atoms with van der Waals surface area (Å²) in [5.41, 5.74) is 2.83. The van der Waals surface area contributed by atoms with Crippen molar-refractivity contribution in [2.45, 2.75) is 18.9 Å². The van der Waals surface area contributed by atoms with Crippen LogP contribution in [0.15, 0.2) is 30.3 Å². The molecule has 2 aromatic heterocycles. The summed E-state index contributed by atoms with van der Waals surface area (Å²) >= 11 is 0. The van der Waals surface area contributed by atoms with Gasteiger partial charge in [-0.25, -0.2) is 9.97 Å². The van der Waals surface area contributed by atoms with Crippen LogP contribution < -0.4 is 10.6 Å². The third-order valence-electron chi connectivity index (χ3n) is 4.80. The molecule has 3 N–H and O–H groups in total. The summed E-state index contributed by atoms with van der Waals surface area (Å²) in [5.74, 6) is 4.12. The SMILES string of the molecule is C#Cc1ccc(-c2nc3nc(N[C@@H]4CCCNC4)ccc3n2C)c(O)c1. The number of hydrogen-bond donors (Lipinski definition) is 3. The molecule has 1 atom stereocenters. The second-order valence-electron chi connectivity index (χ2n) is 6.60. The zero-order valence-corrected chi connectivity index (χ0v) is 14.7. The fourth-order valence-corrected chi connectivity index (χ4v) is 3.39. The zero-order chi connectivity index (χ0) is 18.1. The van der Waals surface area contributed by atoms with Crippen LogP contribution in [0.25, 0.3) is 22.6 Å². The molecule has 6 nitrogen and oxygen atoms in total. The molecule has 0 amide bonds. The lowest BCUT2D eigenvalue weighted by molar-refractivity contribution is 0.476. The van der Waals surface area contributed by atoms with Crippen molar-refractivity contribution in [1.29, 1.82) is 0 Å². The molecule has 0 unspecified atom stereocenters. The molecule has 3 aromatic rings. The molecule has 0 aliphatic carbocycles. The van der Waals surface area contributed by atoms with Crippen molar-refractivity contribution < 1.29 is 5.11 Å². The van der Waals surface area contributed by atoms with Gasteiger partial charge < -0.3 is 20.3 Å². The molecule has 0 radical (unpaired) electrons. The first-order valence-corrected chi connectivity index (χ1v) is 8.76. The van der Waals surface area contributed by atoms with Gasteiger partial charge in [0.25, 0.3) is 0 Å². The largest absolute Gasteiger partial charge is 0.507 e. The Bertz CT molecular complexity index is 995. The predicted molar refractivity (Wildman–Crippen MR) is 103 cm³/mol. The average molecular weight is 347 g/mol. The minimum atomic E-state index is 0.116. The highest BCUT2D eigenvalue weighted by atomic mass is 16.3. The quantitative estimate of drug-likeness (QED) is 0.635. The second-order valence-corrected chi connectivity index (χ2v) is 6.60. The van der Waals surface area contributed by atoms with Gasteiger partial charge in [-0.2, -0.15) is 0 Å². The average Bonchev–Trinajstić information content (AvgIpc) is 2.98. The molecule has 3 heterocycles. The van der Waals surface area contributed by atoms with Gasteiger partial charge in [-0.1, -0.05) is 5.92 Å². The summed E-state index contributed by atoms with van der Waals surface area (Å²) in [4.78, 5) is 9.29. The fraction of sp³-hybridized carbons (Fsp3) is 0.300. The van der Waals surface area contributed by atoms with Crippen LogP contribution in [0.3, 0.4) is 0 Å². The number of nitrogens with one attached hydrogen (secondary N) is 2. The van der Waals surface area contributed by atoms with Crippen molar-refractivity contribution in [2.24, 2.45) is 7.05 Å². The molecule has 1 saturated heterocycles. The van der Waals surface area contributed by atoms with E-state index >= 15 is 0 Å². The highest BCUT2D eigenvalue weighted by Gasteiger charge is 2.17. The minimum absolute atomic E-state index is 0.116.